The summed E-state index contributed by atoms with van der Waals surface area (Å²) in [7, 11) is 0. The standard InChI is InChI=1S/C16H15BrClNO/c1-11-2-7-14(17)8-15(11)16(20)19-10-13-5-3-12(9-18)4-6-13/h2-8H,9-10H2,1H3,(H,19,20). The Kier molecular flexibility index (Phi) is 5.21. The first-order valence-corrected chi connectivity index (χ1v) is 7.61. The summed E-state index contributed by atoms with van der Waals surface area (Å²) in [6.45, 7) is 2.43. The summed E-state index contributed by atoms with van der Waals surface area (Å²) in [5, 5.41) is 2.93. The highest BCUT2D eigenvalue weighted by molar-refractivity contribution is 9.10. The molecule has 2 rings (SSSR count). The van der Waals surface area contributed by atoms with Gasteiger partial charge in [0.1, 0.15) is 0 Å². The molecule has 0 unspecified atom stereocenters. The molecule has 0 aliphatic heterocycles. The van der Waals surface area contributed by atoms with Gasteiger partial charge in [-0.1, -0.05) is 46.3 Å². The zero-order valence-electron chi connectivity index (χ0n) is 11.1. The Bertz CT molecular complexity index is 610. The lowest BCUT2D eigenvalue weighted by Crippen LogP contribution is -2.23. The van der Waals surface area contributed by atoms with Gasteiger partial charge in [0.15, 0.2) is 0 Å². The van der Waals surface area contributed by atoms with Crippen molar-refractivity contribution in [1.29, 1.82) is 0 Å². The largest absolute Gasteiger partial charge is 0.348 e. The Morgan fingerprint density at radius 1 is 1.15 bits per heavy atom. The average molecular weight is 353 g/mol. The number of carbonyl (C=O) groups is 1. The third-order valence-electron chi connectivity index (χ3n) is 3.07. The van der Waals surface area contributed by atoms with E-state index in [1.807, 2.05) is 49.4 Å². The number of amides is 1. The van der Waals surface area contributed by atoms with Crippen molar-refractivity contribution in [2.45, 2.75) is 19.3 Å². The molecule has 0 heterocycles. The second-order valence-corrected chi connectivity index (χ2v) is 5.77. The predicted octanol–water partition coefficient (Wildman–Crippen LogP) is 4.43. The molecule has 104 valence electrons. The van der Waals surface area contributed by atoms with Crippen LogP contribution in [0.4, 0.5) is 0 Å². The molecule has 0 aliphatic rings. The summed E-state index contributed by atoms with van der Waals surface area (Å²) in [5.74, 6) is 0.439. The zero-order valence-corrected chi connectivity index (χ0v) is 13.5. The topological polar surface area (TPSA) is 29.1 Å². The van der Waals surface area contributed by atoms with Gasteiger partial charge in [-0.15, -0.1) is 11.6 Å². The third kappa shape index (κ3) is 3.84. The van der Waals surface area contributed by atoms with Crippen LogP contribution in [0.2, 0.25) is 0 Å². The molecule has 0 bridgehead atoms. The van der Waals surface area contributed by atoms with E-state index in [2.05, 4.69) is 21.2 Å². The van der Waals surface area contributed by atoms with Gasteiger partial charge in [-0.05, 0) is 35.7 Å². The van der Waals surface area contributed by atoms with Gasteiger partial charge in [-0.25, -0.2) is 0 Å². The highest BCUT2D eigenvalue weighted by atomic mass is 79.9. The molecule has 1 amide bonds. The van der Waals surface area contributed by atoms with Crippen LogP contribution in [0.1, 0.15) is 27.0 Å². The van der Waals surface area contributed by atoms with Crippen LogP contribution < -0.4 is 5.32 Å². The van der Waals surface area contributed by atoms with Crippen LogP contribution in [0.15, 0.2) is 46.9 Å². The smallest absolute Gasteiger partial charge is 0.251 e. The van der Waals surface area contributed by atoms with Crippen molar-refractivity contribution in [3.05, 3.63) is 69.2 Å². The van der Waals surface area contributed by atoms with Crippen molar-refractivity contribution < 1.29 is 4.79 Å². The van der Waals surface area contributed by atoms with Crippen LogP contribution >= 0.6 is 27.5 Å². The molecule has 2 nitrogen and oxygen atoms in total. The summed E-state index contributed by atoms with van der Waals surface area (Å²) >= 11 is 9.13. The van der Waals surface area contributed by atoms with E-state index < -0.39 is 0 Å². The molecule has 4 heteroatoms. The number of halogens is 2. The minimum absolute atomic E-state index is 0.0646. The number of carbonyl (C=O) groups excluding carboxylic acids is 1. The molecule has 2 aromatic rings. The molecule has 0 radical (unpaired) electrons. The second kappa shape index (κ2) is 6.91. The van der Waals surface area contributed by atoms with Gasteiger partial charge in [0.2, 0.25) is 0 Å². The third-order valence-corrected chi connectivity index (χ3v) is 3.88. The normalized spacial score (nSPS) is 10.3. The van der Waals surface area contributed by atoms with E-state index in [1.54, 1.807) is 0 Å². The lowest BCUT2D eigenvalue weighted by atomic mass is 10.1. The van der Waals surface area contributed by atoms with E-state index in [-0.39, 0.29) is 5.91 Å². The van der Waals surface area contributed by atoms with Crippen molar-refractivity contribution in [2.24, 2.45) is 0 Å². The van der Waals surface area contributed by atoms with Crippen LogP contribution in [0, 0.1) is 6.92 Å². The van der Waals surface area contributed by atoms with E-state index in [4.69, 9.17) is 11.6 Å². The Morgan fingerprint density at radius 3 is 2.45 bits per heavy atom. The van der Waals surface area contributed by atoms with Crippen LogP contribution in [0.5, 0.6) is 0 Å². The van der Waals surface area contributed by atoms with E-state index >= 15 is 0 Å². The fourth-order valence-corrected chi connectivity index (χ4v) is 2.40. The highest BCUT2D eigenvalue weighted by Gasteiger charge is 2.09. The van der Waals surface area contributed by atoms with Crippen molar-refractivity contribution in [3.63, 3.8) is 0 Å². The average Bonchev–Trinajstić information content (AvgIpc) is 2.47. The van der Waals surface area contributed by atoms with Crippen molar-refractivity contribution in [2.75, 3.05) is 0 Å². The molecule has 0 saturated carbocycles. The highest BCUT2D eigenvalue weighted by Crippen LogP contribution is 2.16. The molecular weight excluding hydrogens is 338 g/mol. The maximum Gasteiger partial charge on any atom is 0.251 e. The second-order valence-electron chi connectivity index (χ2n) is 4.59. The van der Waals surface area contributed by atoms with Gasteiger partial charge >= 0.3 is 0 Å². The Morgan fingerprint density at radius 2 is 1.80 bits per heavy atom. The number of hydrogen-bond acceptors (Lipinski definition) is 1. The van der Waals surface area contributed by atoms with Gasteiger partial charge in [-0.3, -0.25) is 4.79 Å². The quantitative estimate of drug-likeness (QED) is 0.811. The molecule has 0 aliphatic carbocycles. The number of aryl methyl sites for hydroxylation is 1. The molecule has 0 fully saturated rings. The minimum atomic E-state index is -0.0646. The summed E-state index contributed by atoms with van der Waals surface area (Å²) in [6, 6.07) is 13.6. The molecule has 0 saturated heterocycles. The summed E-state index contributed by atoms with van der Waals surface area (Å²) in [6.07, 6.45) is 0. The minimum Gasteiger partial charge on any atom is -0.348 e. The lowest BCUT2D eigenvalue weighted by molar-refractivity contribution is 0.0950. The maximum atomic E-state index is 12.2. The molecule has 20 heavy (non-hydrogen) atoms. The number of benzene rings is 2. The fraction of sp³-hybridized carbons (Fsp3) is 0.188. The van der Waals surface area contributed by atoms with Crippen molar-refractivity contribution >= 4 is 33.4 Å². The van der Waals surface area contributed by atoms with Gasteiger partial charge < -0.3 is 5.32 Å². The molecule has 0 spiro atoms. The number of rotatable bonds is 4. The summed E-state index contributed by atoms with van der Waals surface area (Å²) < 4.78 is 0.903. The Hall–Kier alpha value is -1.32. The fourth-order valence-electron chi connectivity index (χ4n) is 1.86. The van der Waals surface area contributed by atoms with Crippen molar-refractivity contribution in [3.8, 4) is 0 Å². The van der Waals surface area contributed by atoms with Gasteiger partial charge in [0, 0.05) is 22.5 Å². The van der Waals surface area contributed by atoms with E-state index in [1.165, 1.54) is 0 Å². The lowest BCUT2D eigenvalue weighted by Gasteiger charge is -2.08. The van der Waals surface area contributed by atoms with Crippen LogP contribution in [0.25, 0.3) is 0 Å². The van der Waals surface area contributed by atoms with E-state index in [0.717, 1.165) is 21.2 Å². The molecule has 0 aromatic heterocycles. The first kappa shape index (κ1) is 15.1. The Labute approximate surface area is 132 Å². The number of alkyl halides is 1. The SMILES string of the molecule is Cc1ccc(Br)cc1C(=O)NCc1ccc(CCl)cc1. The van der Waals surface area contributed by atoms with Gasteiger partial charge in [0.05, 0.1) is 0 Å². The number of nitrogens with one attached hydrogen (secondary N) is 1. The molecule has 1 N–H and O–H groups in total. The maximum absolute atomic E-state index is 12.2. The van der Waals surface area contributed by atoms with Crippen LogP contribution in [0.3, 0.4) is 0 Å². The zero-order chi connectivity index (χ0) is 14.5. The summed E-state index contributed by atoms with van der Waals surface area (Å²) in [4.78, 5) is 12.2. The predicted molar refractivity (Wildman–Crippen MR) is 86.0 cm³/mol. The first-order chi connectivity index (χ1) is 9.60. The van der Waals surface area contributed by atoms with Gasteiger partial charge in [0.25, 0.3) is 5.91 Å². The first-order valence-electron chi connectivity index (χ1n) is 6.28. The monoisotopic (exact) mass is 351 g/mol. The molecular formula is C16H15BrClNO. The summed E-state index contributed by atoms with van der Waals surface area (Å²) in [5.41, 5.74) is 3.78. The Balaban J connectivity index is 2.02. The van der Waals surface area contributed by atoms with Crippen LogP contribution in [-0.4, -0.2) is 5.91 Å². The number of hydrogen-bond donors (Lipinski definition) is 1. The molecule has 2 aromatic carbocycles. The van der Waals surface area contributed by atoms with Crippen molar-refractivity contribution in [1.82, 2.24) is 5.32 Å². The molecule has 0 atom stereocenters. The van der Waals surface area contributed by atoms with Gasteiger partial charge in [-0.2, -0.15) is 0 Å². The van der Waals surface area contributed by atoms with E-state index in [9.17, 15) is 4.79 Å². The van der Waals surface area contributed by atoms with Crippen LogP contribution in [-0.2, 0) is 12.4 Å². The van der Waals surface area contributed by atoms with E-state index in [0.29, 0.717) is 18.0 Å².